The molecule has 1 fully saturated rings. The topological polar surface area (TPSA) is 90.9 Å². The van der Waals surface area contributed by atoms with Gasteiger partial charge in [-0.05, 0) is 38.8 Å². The zero-order valence-electron chi connectivity index (χ0n) is 19.6. The Morgan fingerprint density at radius 2 is 1.94 bits per heavy atom. The Bertz CT molecular complexity index is 1040. The van der Waals surface area contributed by atoms with Crippen molar-refractivity contribution in [3.8, 4) is 5.88 Å². The highest BCUT2D eigenvalue weighted by atomic mass is 35.5. The van der Waals surface area contributed by atoms with Gasteiger partial charge in [-0.15, -0.1) is 0 Å². The molecule has 2 aromatic rings. The number of aromatic nitrogens is 2. The lowest BCUT2D eigenvalue weighted by Gasteiger charge is -2.28. The van der Waals surface area contributed by atoms with Crippen LogP contribution in [0.25, 0.3) is 11.0 Å². The van der Waals surface area contributed by atoms with E-state index in [4.69, 9.17) is 25.8 Å². The number of rotatable bonds is 5. The van der Waals surface area contributed by atoms with E-state index in [1.54, 1.807) is 27.7 Å². The van der Waals surface area contributed by atoms with Crippen molar-refractivity contribution in [2.75, 3.05) is 13.2 Å². The Hall–Kier alpha value is -2.68. The van der Waals surface area contributed by atoms with Crippen molar-refractivity contribution >= 4 is 34.7 Å². The van der Waals surface area contributed by atoms with Crippen LogP contribution in [0.1, 0.15) is 41.5 Å². The van der Waals surface area contributed by atoms with E-state index in [1.165, 1.54) is 23.1 Å². The van der Waals surface area contributed by atoms with Crippen molar-refractivity contribution in [2.45, 2.75) is 59.3 Å². The van der Waals surface area contributed by atoms with Gasteiger partial charge >= 0.3 is 12.1 Å². The summed E-state index contributed by atoms with van der Waals surface area (Å²) in [5.74, 6) is -1.33. The zero-order chi connectivity index (χ0) is 24.5. The van der Waals surface area contributed by atoms with Crippen LogP contribution in [0.5, 0.6) is 5.88 Å². The molecule has 33 heavy (non-hydrogen) atoms. The Balaban J connectivity index is 1.88. The van der Waals surface area contributed by atoms with E-state index in [9.17, 15) is 14.0 Å². The summed E-state index contributed by atoms with van der Waals surface area (Å²) in [6, 6.07) is 3.05. The molecule has 0 saturated carbocycles. The number of fused-ring (bicyclic) bond motifs is 1. The number of ether oxygens (including phenoxy) is 3. The molecule has 1 aliphatic heterocycles. The summed E-state index contributed by atoms with van der Waals surface area (Å²) in [6.45, 7) is 11.1. The van der Waals surface area contributed by atoms with E-state index in [0.717, 1.165) is 0 Å². The summed E-state index contributed by atoms with van der Waals surface area (Å²) >= 11 is 6.25. The molecular formula is C23H29ClFN3O5. The van der Waals surface area contributed by atoms with E-state index in [-0.39, 0.29) is 35.6 Å². The van der Waals surface area contributed by atoms with Crippen LogP contribution in [0.15, 0.2) is 18.2 Å². The maximum atomic E-state index is 13.6. The molecule has 0 spiro atoms. The van der Waals surface area contributed by atoms with Crippen molar-refractivity contribution in [1.29, 1.82) is 0 Å². The molecule has 1 aromatic carbocycles. The third kappa shape index (κ3) is 6.01. The van der Waals surface area contributed by atoms with Crippen LogP contribution < -0.4 is 4.74 Å². The second-order valence-electron chi connectivity index (χ2n) is 9.57. The predicted octanol–water partition coefficient (Wildman–Crippen LogP) is 4.62. The summed E-state index contributed by atoms with van der Waals surface area (Å²) in [7, 11) is 0. The maximum Gasteiger partial charge on any atom is 0.411 e. The fourth-order valence-electron chi connectivity index (χ4n) is 3.50. The van der Waals surface area contributed by atoms with E-state index >= 15 is 0 Å². The number of carbonyl (C=O) groups excluding carboxylic acids is 2. The van der Waals surface area contributed by atoms with Gasteiger partial charge < -0.3 is 14.2 Å². The number of esters is 1. The van der Waals surface area contributed by atoms with Gasteiger partial charge in [0, 0.05) is 12.0 Å². The highest BCUT2D eigenvalue weighted by Crippen LogP contribution is 2.33. The highest BCUT2D eigenvalue weighted by Gasteiger charge is 2.49. The minimum atomic E-state index is -0.909. The fraction of sp³-hybridized carbons (Fsp3) is 0.565. The minimum absolute atomic E-state index is 0.00374. The number of amides is 1. The summed E-state index contributed by atoms with van der Waals surface area (Å²) in [6.07, 6.45) is -1.29. The first kappa shape index (κ1) is 25.0. The summed E-state index contributed by atoms with van der Waals surface area (Å²) in [5, 5.41) is -0.00374. The SMILES string of the molecule is CC(C)COC(=O)C1C(C)C(Oc2nc3cc(F)ccc3nc2Cl)CN1C(=O)OC(C)(C)C. The molecule has 8 nitrogen and oxygen atoms in total. The smallest absolute Gasteiger partial charge is 0.411 e. The van der Waals surface area contributed by atoms with Crippen LogP contribution in [0.2, 0.25) is 5.15 Å². The normalized spacial score (nSPS) is 20.9. The third-order valence-electron chi connectivity index (χ3n) is 5.04. The Morgan fingerprint density at radius 3 is 2.58 bits per heavy atom. The number of halogens is 2. The average Bonchev–Trinajstić information content (AvgIpc) is 3.02. The number of hydrogen-bond acceptors (Lipinski definition) is 7. The molecule has 180 valence electrons. The van der Waals surface area contributed by atoms with Crippen LogP contribution in [0, 0.1) is 17.7 Å². The molecule has 1 aromatic heterocycles. The van der Waals surface area contributed by atoms with Gasteiger partial charge in [0.05, 0.1) is 24.2 Å². The largest absolute Gasteiger partial charge is 0.470 e. The molecule has 1 amide bonds. The maximum absolute atomic E-state index is 13.6. The number of hydrogen-bond donors (Lipinski definition) is 0. The first-order valence-electron chi connectivity index (χ1n) is 10.8. The molecule has 1 aliphatic rings. The molecule has 2 heterocycles. The molecule has 3 unspecified atom stereocenters. The molecular weight excluding hydrogens is 453 g/mol. The van der Waals surface area contributed by atoms with Gasteiger partial charge in [-0.1, -0.05) is 32.4 Å². The lowest BCUT2D eigenvalue weighted by atomic mass is 10.0. The van der Waals surface area contributed by atoms with Crippen LogP contribution in [0.3, 0.4) is 0 Å². The van der Waals surface area contributed by atoms with Crippen LogP contribution in [-0.4, -0.2) is 57.8 Å². The lowest BCUT2D eigenvalue weighted by molar-refractivity contribution is -0.151. The van der Waals surface area contributed by atoms with Crippen molar-refractivity contribution in [3.63, 3.8) is 0 Å². The first-order valence-corrected chi connectivity index (χ1v) is 11.2. The monoisotopic (exact) mass is 481 g/mol. The van der Waals surface area contributed by atoms with Gasteiger partial charge in [-0.2, -0.15) is 0 Å². The van der Waals surface area contributed by atoms with E-state index in [1.807, 2.05) is 13.8 Å². The van der Waals surface area contributed by atoms with Crippen molar-refractivity contribution in [1.82, 2.24) is 14.9 Å². The summed E-state index contributed by atoms with van der Waals surface area (Å²) < 4.78 is 30.5. The van der Waals surface area contributed by atoms with E-state index in [2.05, 4.69) is 9.97 Å². The number of likely N-dealkylation sites (tertiary alicyclic amines) is 1. The quantitative estimate of drug-likeness (QED) is 0.575. The van der Waals surface area contributed by atoms with E-state index in [0.29, 0.717) is 5.52 Å². The minimum Gasteiger partial charge on any atom is -0.470 e. The van der Waals surface area contributed by atoms with Crippen molar-refractivity contribution in [3.05, 3.63) is 29.2 Å². The van der Waals surface area contributed by atoms with Gasteiger partial charge in [0.2, 0.25) is 0 Å². The standard InChI is InChI=1S/C23H29ClFN3O5/c1-12(2)11-31-21(29)18-13(3)17(10-28(18)22(30)33-23(4,5)6)32-20-19(24)26-15-8-7-14(25)9-16(15)27-20/h7-9,12-13,17-18H,10-11H2,1-6H3. The zero-order valence-corrected chi connectivity index (χ0v) is 20.4. The fourth-order valence-corrected chi connectivity index (χ4v) is 3.68. The number of benzene rings is 1. The lowest BCUT2D eigenvalue weighted by Crippen LogP contribution is -2.46. The molecule has 0 N–H and O–H groups in total. The van der Waals surface area contributed by atoms with Crippen molar-refractivity contribution < 1.29 is 28.2 Å². The molecule has 0 radical (unpaired) electrons. The second-order valence-corrected chi connectivity index (χ2v) is 9.93. The summed E-state index contributed by atoms with van der Waals surface area (Å²) in [4.78, 5) is 35.6. The van der Waals surface area contributed by atoms with Gasteiger partial charge in [0.1, 0.15) is 23.6 Å². The van der Waals surface area contributed by atoms with Crippen LogP contribution >= 0.6 is 11.6 Å². The highest BCUT2D eigenvalue weighted by molar-refractivity contribution is 6.31. The Morgan fingerprint density at radius 1 is 1.24 bits per heavy atom. The van der Waals surface area contributed by atoms with Gasteiger partial charge in [0.15, 0.2) is 5.15 Å². The molecule has 3 atom stereocenters. The Labute approximate surface area is 197 Å². The molecule has 1 saturated heterocycles. The number of carbonyl (C=O) groups is 2. The van der Waals surface area contributed by atoms with Gasteiger partial charge in [0.25, 0.3) is 5.88 Å². The summed E-state index contributed by atoms with van der Waals surface area (Å²) in [5.41, 5.74) is -0.0567. The third-order valence-corrected chi connectivity index (χ3v) is 5.29. The van der Waals surface area contributed by atoms with Crippen LogP contribution in [0.4, 0.5) is 9.18 Å². The second kappa shape index (κ2) is 9.67. The van der Waals surface area contributed by atoms with Crippen molar-refractivity contribution in [2.24, 2.45) is 11.8 Å². The van der Waals surface area contributed by atoms with E-state index < -0.39 is 41.5 Å². The molecule has 10 heteroatoms. The van der Waals surface area contributed by atoms with Gasteiger partial charge in [-0.3, -0.25) is 4.90 Å². The first-order chi connectivity index (χ1) is 15.4. The van der Waals surface area contributed by atoms with Gasteiger partial charge in [-0.25, -0.2) is 23.9 Å². The number of nitrogens with zero attached hydrogens (tertiary/aromatic N) is 3. The predicted molar refractivity (Wildman–Crippen MR) is 121 cm³/mol. The molecule has 3 rings (SSSR count). The average molecular weight is 482 g/mol. The van der Waals surface area contributed by atoms with Crippen LogP contribution in [-0.2, 0) is 14.3 Å². The Kier molecular flexibility index (Phi) is 7.31. The molecule has 0 bridgehead atoms. The molecule has 0 aliphatic carbocycles.